The number of fused-ring (bicyclic) bond motifs is 3. The van der Waals surface area contributed by atoms with E-state index in [2.05, 4.69) is 21.6 Å². The maximum absolute atomic E-state index is 13.4. The van der Waals surface area contributed by atoms with Crippen molar-refractivity contribution in [2.75, 3.05) is 32.8 Å². The molecule has 0 spiro atoms. The highest BCUT2D eigenvalue weighted by Gasteiger charge is 2.20. The first-order valence-corrected chi connectivity index (χ1v) is 12.1. The molecule has 1 fully saturated rings. The predicted octanol–water partition coefficient (Wildman–Crippen LogP) is 1.81. The summed E-state index contributed by atoms with van der Waals surface area (Å²) in [5.41, 5.74) is 2.56. The first-order chi connectivity index (χ1) is 16.5. The Bertz CT molecular complexity index is 1410. The van der Waals surface area contributed by atoms with E-state index < -0.39 is 0 Å². The van der Waals surface area contributed by atoms with Gasteiger partial charge in [-0.05, 0) is 31.7 Å². The fraction of sp³-hybridized carbons (Fsp3) is 0.480. The molecule has 34 heavy (non-hydrogen) atoms. The van der Waals surface area contributed by atoms with Crippen LogP contribution in [0.25, 0.3) is 16.9 Å². The van der Waals surface area contributed by atoms with Crippen LogP contribution < -0.4 is 11.2 Å². The molecule has 1 aliphatic heterocycles. The second kappa shape index (κ2) is 9.60. The van der Waals surface area contributed by atoms with Crippen LogP contribution >= 0.6 is 0 Å². The van der Waals surface area contributed by atoms with Crippen molar-refractivity contribution >= 4 is 16.9 Å². The van der Waals surface area contributed by atoms with E-state index in [1.165, 1.54) is 14.7 Å². The van der Waals surface area contributed by atoms with Crippen LogP contribution in [0, 0.1) is 6.92 Å². The molecular weight excluding hydrogens is 432 g/mol. The Balaban J connectivity index is 1.42. The Labute approximate surface area is 197 Å². The molecule has 0 unspecified atom stereocenters. The summed E-state index contributed by atoms with van der Waals surface area (Å²) in [6.45, 7) is 7.76. The molecule has 0 amide bonds. The Morgan fingerprint density at radius 1 is 0.971 bits per heavy atom. The second-order valence-corrected chi connectivity index (χ2v) is 9.07. The molecule has 9 nitrogen and oxygen atoms in total. The van der Waals surface area contributed by atoms with E-state index in [9.17, 15) is 9.59 Å². The molecule has 1 saturated heterocycles. The number of benzene rings is 1. The van der Waals surface area contributed by atoms with Gasteiger partial charge < -0.3 is 9.30 Å². The summed E-state index contributed by atoms with van der Waals surface area (Å²) in [7, 11) is 1.69. The molecular formula is C25H32N6O3. The Morgan fingerprint density at radius 3 is 2.47 bits per heavy atom. The van der Waals surface area contributed by atoms with Gasteiger partial charge in [-0.1, -0.05) is 30.3 Å². The maximum atomic E-state index is 13.4. The first kappa shape index (κ1) is 22.6. The number of imidazole rings is 2. The number of hydrogen-bond donors (Lipinski definition) is 0. The standard InChI is InChI=1S/C25H32N6O3/c1-19-18-31-21-22(26-24(31)29(19)13-7-11-28-14-16-34-17-15-28)27(2)25(33)30(23(21)32)12-6-10-20-8-4-3-5-9-20/h3-5,8-9,18H,6-7,10-17H2,1-2H3. The molecule has 0 N–H and O–H groups in total. The third-order valence-corrected chi connectivity index (χ3v) is 6.79. The number of ether oxygens (including phenoxy) is 1. The first-order valence-electron chi connectivity index (χ1n) is 12.1. The lowest BCUT2D eigenvalue weighted by atomic mass is 10.1. The fourth-order valence-electron chi connectivity index (χ4n) is 4.89. The molecule has 1 aliphatic rings. The molecule has 0 saturated carbocycles. The summed E-state index contributed by atoms with van der Waals surface area (Å²) in [4.78, 5) is 33.6. The van der Waals surface area contributed by atoms with Gasteiger partial charge in [-0.25, -0.2) is 4.79 Å². The van der Waals surface area contributed by atoms with Gasteiger partial charge in [-0.2, -0.15) is 4.98 Å². The van der Waals surface area contributed by atoms with Crippen molar-refractivity contribution in [3.05, 3.63) is 68.6 Å². The molecule has 0 radical (unpaired) electrons. The number of aromatic nitrogens is 5. The monoisotopic (exact) mass is 464 g/mol. The zero-order valence-electron chi connectivity index (χ0n) is 19.9. The summed E-state index contributed by atoms with van der Waals surface area (Å²) in [6.07, 6.45) is 4.47. The minimum absolute atomic E-state index is 0.274. The number of morpholine rings is 1. The van der Waals surface area contributed by atoms with E-state index in [1.54, 1.807) is 7.05 Å². The van der Waals surface area contributed by atoms with Crippen molar-refractivity contribution < 1.29 is 4.74 Å². The van der Waals surface area contributed by atoms with Crippen LogP contribution in [0.2, 0.25) is 0 Å². The molecule has 0 bridgehead atoms. The number of aryl methyl sites for hydroxylation is 4. The molecule has 0 atom stereocenters. The summed E-state index contributed by atoms with van der Waals surface area (Å²) in [6, 6.07) is 10.1. The van der Waals surface area contributed by atoms with Gasteiger partial charge in [0.05, 0.1) is 13.2 Å². The maximum Gasteiger partial charge on any atom is 0.332 e. The zero-order chi connectivity index (χ0) is 23.7. The zero-order valence-corrected chi connectivity index (χ0v) is 19.9. The van der Waals surface area contributed by atoms with Crippen LogP contribution in [0.3, 0.4) is 0 Å². The van der Waals surface area contributed by atoms with Gasteiger partial charge in [-0.3, -0.25) is 23.2 Å². The third kappa shape index (κ3) is 4.21. The molecule has 180 valence electrons. The van der Waals surface area contributed by atoms with Crippen molar-refractivity contribution in [1.82, 2.24) is 28.0 Å². The lowest BCUT2D eigenvalue weighted by Gasteiger charge is -2.26. The van der Waals surface area contributed by atoms with Crippen LogP contribution in [0.15, 0.2) is 46.1 Å². The normalized spacial score (nSPS) is 15.0. The van der Waals surface area contributed by atoms with E-state index in [0.717, 1.165) is 57.9 Å². The second-order valence-electron chi connectivity index (χ2n) is 9.07. The lowest BCUT2D eigenvalue weighted by Crippen LogP contribution is -2.39. The number of hydrogen-bond acceptors (Lipinski definition) is 5. The van der Waals surface area contributed by atoms with Crippen molar-refractivity contribution in [3.8, 4) is 0 Å². The lowest BCUT2D eigenvalue weighted by molar-refractivity contribution is 0.0369. The average Bonchev–Trinajstić information content (AvgIpc) is 3.36. The van der Waals surface area contributed by atoms with E-state index in [0.29, 0.717) is 29.9 Å². The fourth-order valence-corrected chi connectivity index (χ4v) is 4.89. The van der Waals surface area contributed by atoms with Crippen molar-refractivity contribution in [3.63, 3.8) is 0 Å². The average molecular weight is 465 g/mol. The topological polar surface area (TPSA) is 78.7 Å². The summed E-state index contributed by atoms with van der Waals surface area (Å²) in [5, 5.41) is 0. The Kier molecular flexibility index (Phi) is 6.38. The molecule has 1 aromatic carbocycles. The minimum Gasteiger partial charge on any atom is -0.379 e. The van der Waals surface area contributed by atoms with Crippen LogP contribution in [0.4, 0.5) is 0 Å². The highest BCUT2D eigenvalue weighted by atomic mass is 16.5. The third-order valence-electron chi connectivity index (χ3n) is 6.79. The smallest absolute Gasteiger partial charge is 0.332 e. The molecule has 5 rings (SSSR count). The van der Waals surface area contributed by atoms with Crippen molar-refractivity contribution in [2.24, 2.45) is 7.05 Å². The van der Waals surface area contributed by atoms with Crippen LogP contribution in [-0.2, 0) is 31.3 Å². The highest BCUT2D eigenvalue weighted by molar-refractivity contribution is 5.75. The SMILES string of the molecule is Cc1cn2c3c(=O)n(CCCc4ccccc4)c(=O)n(C)c3nc2n1CCCN1CCOCC1. The van der Waals surface area contributed by atoms with Crippen molar-refractivity contribution in [1.29, 1.82) is 0 Å². The summed E-state index contributed by atoms with van der Waals surface area (Å²) >= 11 is 0. The van der Waals surface area contributed by atoms with Gasteiger partial charge in [0.25, 0.3) is 5.56 Å². The number of nitrogens with zero attached hydrogens (tertiary/aromatic N) is 6. The summed E-state index contributed by atoms with van der Waals surface area (Å²) < 4.78 is 12.3. The molecule has 9 heteroatoms. The largest absolute Gasteiger partial charge is 0.379 e. The molecule has 4 aromatic rings. The van der Waals surface area contributed by atoms with E-state index in [1.807, 2.05) is 35.7 Å². The van der Waals surface area contributed by atoms with Gasteiger partial charge in [0, 0.05) is 51.7 Å². The van der Waals surface area contributed by atoms with Crippen LogP contribution in [0.5, 0.6) is 0 Å². The Morgan fingerprint density at radius 2 is 1.71 bits per heavy atom. The van der Waals surface area contributed by atoms with Crippen LogP contribution in [-0.4, -0.2) is 60.8 Å². The van der Waals surface area contributed by atoms with Crippen LogP contribution in [0.1, 0.15) is 24.1 Å². The van der Waals surface area contributed by atoms with Gasteiger partial charge in [0.2, 0.25) is 5.78 Å². The van der Waals surface area contributed by atoms with Crippen molar-refractivity contribution in [2.45, 2.75) is 39.3 Å². The molecule has 4 heterocycles. The van der Waals surface area contributed by atoms with E-state index >= 15 is 0 Å². The minimum atomic E-state index is -0.318. The molecule has 3 aromatic heterocycles. The highest BCUT2D eigenvalue weighted by Crippen LogP contribution is 2.17. The predicted molar refractivity (Wildman–Crippen MR) is 132 cm³/mol. The summed E-state index contributed by atoms with van der Waals surface area (Å²) in [5.74, 6) is 0.712. The molecule has 0 aliphatic carbocycles. The van der Waals surface area contributed by atoms with Gasteiger partial charge >= 0.3 is 5.69 Å². The van der Waals surface area contributed by atoms with Gasteiger partial charge in [-0.15, -0.1) is 0 Å². The Hall–Kier alpha value is -3.17. The van der Waals surface area contributed by atoms with Gasteiger partial charge in [0.15, 0.2) is 11.2 Å². The van der Waals surface area contributed by atoms with E-state index in [4.69, 9.17) is 9.72 Å². The number of rotatable bonds is 8. The van der Waals surface area contributed by atoms with Gasteiger partial charge in [0.1, 0.15) is 0 Å². The quantitative estimate of drug-likeness (QED) is 0.398. The van der Waals surface area contributed by atoms with E-state index in [-0.39, 0.29) is 11.2 Å².